The van der Waals surface area contributed by atoms with Gasteiger partial charge in [-0.25, -0.2) is 14.0 Å². The fourth-order valence-electron chi connectivity index (χ4n) is 6.12. The van der Waals surface area contributed by atoms with Crippen molar-refractivity contribution in [3.05, 3.63) is 143 Å². The van der Waals surface area contributed by atoms with E-state index >= 15 is 0 Å². The first-order valence-electron chi connectivity index (χ1n) is 16.7. The van der Waals surface area contributed by atoms with Crippen LogP contribution in [0.2, 0.25) is 0 Å². The number of nitrogens with zero attached hydrogens (tertiary/aromatic N) is 12. The predicted octanol–water partition coefficient (Wildman–Crippen LogP) is 3.42. The molecule has 49 heavy (non-hydrogen) atoms. The quantitative estimate of drug-likeness (QED) is 0.190. The Hall–Kier alpha value is -4.53. The molecule has 0 unspecified atom stereocenters. The summed E-state index contributed by atoms with van der Waals surface area (Å²) in [7, 11) is 0. The molecule has 1 fully saturated rings. The normalized spacial score (nSPS) is 14.9. The molecule has 13 heteroatoms. The number of hydrogen-bond donors (Lipinski definition) is 0. The molecular formula is C36H42CoN12+2. The maximum absolute atomic E-state index is 4.53. The first-order chi connectivity index (χ1) is 23.7. The molecule has 1 aliphatic heterocycles. The zero-order valence-corrected chi connectivity index (χ0v) is 28.6. The summed E-state index contributed by atoms with van der Waals surface area (Å²) in [5.41, 5.74) is 6.58. The van der Waals surface area contributed by atoms with Crippen LogP contribution in [0.4, 0.5) is 0 Å². The van der Waals surface area contributed by atoms with E-state index in [2.05, 4.69) is 137 Å². The van der Waals surface area contributed by atoms with Crippen molar-refractivity contribution < 1.29 is 16.8 Å². The Bertz CT molecular complexity index is 1600. The molecule has 253 valence electrons. The fraction of sp³-hybridized carbons (Fsp3) is 0.333. The first-order valence-corrected chi connectivity index (χ1v) is 16.7. The van der Waals surface area contributed by atoms with Crippen LogP contribution in [0.1, 0.15) is 33.8 Å². The second kappa shape index (κ2) is 17.2. The van der Waals surface area contributed by atoms with E-state index in [1.807, 2.05) is 32.2 Å². The summed E-state index contributed by atoms with van der Waals surface area (Å²) in [6.07, 6.45) is 6.22. The molecule has 3 aromatic heterocycles. The molecule has 0 bridgehead atoms. The van der Waals surface area contributed by atoms with Gasteiger partial charge in [0.05, 0.1) is 55.3 Å². The van der Waals surface area contributed by atoms with Crippen LogP contribution in [0.15, 0.2) is 110 Å². The summed E-state index contributed by atoms with van der Waals surface area (Å²) in [5.74, 6) is 0. The number of rotatable bonds is 12. The molecule has 6 aromatic rings. The predicted molar refractivity (Wildman–Crippen MR) is 183 cm³/mol. The zero-order chi connectivity index (χ0) is 32.4. The molecule has 0 N–H and O–H groups in total. The number of aromatic nitrogens is 9. The van der Waals surface area contributed by atoms with Gasteiger partial charge in [-0.2, -0.15) is 0 Å². The van der Waals surface area contributed by atoms with E-state index in [0.717, 1.165) is 76.0 Å². The van der Waals surface area contributed by atoms with Gasteiger partial charge in [0.2, 0.25) is 0 Å². The summed E-state index contributed by atoms with van der Waals surface area (Å²) < 4.78 is 5.78. The minimum atomic E-state index is 0. The van der Waals surface area contributed by atoms with Crippen molar-refractivity contribution in [2.24, 2.45) is 0 Å². The zero-order valence-electron chi connectivity index (χ0n) is 27.6. The minimum absolute atomic E-state index is 0. The van der Waals surface area contributed by atoms with Crippen LogP contribution < -0.4 is 0 Å². The monoisotopic (exact) mass is 701 g/mol. The molecule has 7 rings (SSSR count). The van der Waals surface area contributed by atoms with Crippen LogP contribution in [-0.4, -0.2) is 98.9 Å². The molecule has 1 saturated heterocycles. The van der Waals surface area contributed by atoms with Crippen LogP contribution in [0, 0.1) is 0 Å². The minimum Gasteiger partial charge on any atom is -0.295 e. The fourth-order valence-corrected chi connectivity index (χ4v) is 6.12. The largest absolute Gasteiger partial charge is 2.00 e. The van der Waals surface area contributed by atoms with Crippen molar-refractivity contribution >= 4 is 0 Å². The molecule has 1 radical (unpaired) electrons. The van der Waals surface area contributed by atoms with Crippen molar-refractivity contribution in [2.45, 2.75) is 39.3 Å². The van der Waals surface area contributed by atoms with Crippen LogP contribution in [0.3, 0.4) is 0 Å². The number of benzene rings is 3. The standard InChI is InChI=1S/C36H42N12.Co/c1-4-10-31(11-5-1)22-46-28-34(37-40-46)25-43-16-18-44(26-35-29-47(41-38-35)23-32-12-6-2-7-13-32)20-21-45(19-17-43)27-36-30-48(42-39-36)24-33-14-8-3-9-15-33;/h1-15,28-30H,16-27H2;/q;+2. The summed E-state index contributed by atoms with van der Waals surface area (Å²) in [6, 6.07) is 31.2. The van der Waals surface area contributed by atoms with Crippen LogP contribution in [0.5, 0.6) is 0 Å². The summed E-state index contributed by atoms with van der Waals surface area (Å²) in [6.45, 7) is 9.91. The van der Waals surface area contributed by atoms with Crippen molar-refractivity contribution in [1.29, 1.82) is 0 Å². The topological polar surface area (TPSA) is 102 Å². The second-order valence-corrected chi connectivity index (χ2v) is 12.5. The van der Waals surface area contributed by atoms with Gasteiger partial charge in [-0.05, 0) is 16.7 Å². The van der Waals surface area contributed by atoms with E-state index in [4.69, 9.17) is 0 Å². The Balaban J connectivity index is 0.00000417. The Morgan fingerprint density at radius 2 is 0.633 bits per heavy atom. The van der Waals surface area contributed by atoms with Crippen molar-refractivity contribution in [3.8, 4) is 0 Å². The van der Waals surface area contributed by atoms with Gasteiger partial charge in [-0.15, -0.1) is 15.3 Å². The van der Waals surface area contributed by atoms with Gasteiger partial charge < -0.3 is 0 Å². The first kappa shape index (κ1) is 34.3. The van der Waals surface area contributed by atoms with Crippen LogP contribution >= 0.6 is 0 Å². The molecule has 0 aliphatic carbocycles. The average molecular weight is 702 g/mol. The Morgan fingerprint density at radius 1 is 0.367 bits per heavy atom. The maximum atomic E-state index is 4.53. The van der Waals surface area contributed by atoms with E-state index in [9.17, 15) is 0 Å². The maximum Gasteiger partial charge on any atom is 2.00 e. The van der Waals surface area contributed by atoms with E-state index in [1.54, 1.807) is 0 Å². The molecular weight excluding hydrogens is 659 g/mol. The second-order valence-electron chi connectivity index (χ2n) is 12.5. The van der Waals surface area contributed by atoms with Crippen molar-refractivity contribution in [1.82, 2.24) is 59.7 Å². The smallest absolute Gasteiger partial charge is 0.295 e. The molecule has 4 heterocycles. The van der Waals surface area contributed by atoms with Gasteiger partial charge in [0, 0.05) is 58.9 Å². The Kier molecular flexibility index (Phi) is 12.1. The summed E-state index contributed by atoms with van der Waals surface area (Å²) in [5, 5.41) is 26.9. The molecule has 0 amide bonds. The van der Waals surface area contributed by atoms with E-state index < -0.39 is 0 Å². The Labute approximate surface area is 297 Å². The molecule has 0 spiro atoms. The van der Waals surface area contributed by atoms with Gasteiger partial charge in [-0.1, -0.05) is 107 Å². The van der Waals surface area contributed by atoms with Crippen molar-refractivity contribution in [3.63, 3.8) is 0 Å². The van der Waals surface area contributed by atoms with E-state index in [1.165, 1.54) is 16.7 Å². The molecule has 3 aromatic carbocycles. The van der Waals surface area contributed by atoms with Gasteiger partial charge in [0.1, 0.15) is 0 Å². The van der Waals surface area contributed by atoms with Gasteiger partial charge in [0.15, 0.2) is 0 Å². The third-order valence-corrected chi connectivity index (χ3v) is 8.67. The number of hydrogen-bond acceptors (Lipinski definition) is 9. The van der Waals surface area contributed by atoms with E-state index in [-0.39, 0.29) is 16.8 Å². The Morgan fingerprint density at radius 3 is 0.898 bits per heavy atom. The summed E-state index contributed by atoms with van der Waals surface area (Å²) >= 11 is 0. The third kappa shape index (κ3) is 10.2. The molecule has 12 nitrogen and oxygen atoms in total. The van der Waals surface area contributed by atoms with Crippen molar-refractivity contribution in [2.75, 3.05) is 39.3 Å². The van der Waals surface area contributed by atoms with Crippen LogP contribution in [0.25, 0.3) is 0 Å². The van der Waals surface area contributed by atoms with Gasteiger partial charge in [-0.3, -0.25) is 14.7 Å². The van der Waals surface area contributed by atoms with Gasteiger partial charge in [0.25, 0.3) is 0 Å². The molecule has 1 aliphatic rings. The SMILES string of the molecule is [Co+2].c1ccc(Cn2cc(CN3CCN(Cc4cn(Cc5ccccc5)nn4)CCN(Cc4cn(Cc5ccccc5)nn4)CC3)nn2)cc1. The van der Waals surface area contributed by atoms with Crippen LogP contribution in [-0.2, 0) is 56.0 Å². The molecule has 0 saturated carbocycles. The molecule has 0 atom stereocenters. The van der Waals surface area contributed by atoms with E-state index in [0.29, 0.717) is 19.6 Å². The summed E-state index contributed by atoms with van der Waals surface area (Å²) in [4.78, 5) is 7.46. The average Bonchev–Trinajstić information content (AvgIpc) is 3.88. The van der Waals surface area contributed by atoms with Gasteiger partial charge >= 0.3 is 16.8 Å². The third-order valence-electron chi connectivity index (χ3n) is 8.67.